The fraction of sp³-hybridized carbons (Fsp3) is 0.333. The molecule has 2 heterocycles. The number of hydrogen-bond donors (Lipinski definition) is 1. The molecule has 154 valence electrons. The van der Waals surface area contributed by atoms with E-state index in [1.54, 1.807) is 25.4 Å². The van der Waals surface area contributed by atoms with Crippen LogP contribution in [0, 0.1) is 17.2 Å². The molecule has 1 aliphatic carbocycles. The maximum Gasteiger partial charge on any atom is 0.231 e. The number of thiophene rings is 1. The van der Waals surface area contributed by atoms with Crippen LogP contribution in [0.2, 0.25) is 0 Å². The lowest BCUT2D eigenvalue weighted by Crippen LogP contribution is -2.47. The molecule has 9 heteroatoms. The molecule has 1 N–H and O–H groups in total. The highest BCUT2D eigenvalue weighted by molar-refractivity contribution is 7.99. The average molecular weight is 440 g/mol. The van der Waals surface area contributed by atoms with Gasteiger partial charge in [-0.15, -0.1) is 21.5 Å². The second-order valence-corrected chi connectivity index (χ2v) is 9.11. The zero-order chi connectivity index (χ0) is 21.1. The minimum absolute atomic E-state index is 0.141. The Morgan fingerprint density at radius 2 is 2.17 bits per heavy atom. The molecule has 1 unspecified atom stereocenters. The molecular formula is C21H21N5O2S2. The molecule has 0 radical (unpaired) electrons. The van der Waals surface area contributed by atoms with Gasteiger partial charge in [-0.25, -0.2) is 0 Å². The molecule has 7 nitrogen and oxygen atoms in total. The molecule has 1 aliphatic rings. The summed E-state index contributed by atoms with van der Waals surface area (Å²) in [6.45, 7) is 1.79. The number of thioether (sulfide) groups is 1. The predicted octanol–water partition coefficient (Wildman–Crippen LogP) is 3.90. The normalized spacial score (nSPS) is 15.2. The molecular weight excluding hydrogens is 418 g/mol. The highest BCUT2D eigenvalue weighted by atomic mass is 32.2. The van der Waals surface area contributed by atoms with E-state index in [1.807, 2.05) is 46.3 Å². The minimum Gasteiger partial charge on any atom is -0.495 e. The van der Waals surface area contributed by atoms with Crippen molar-refractivity contribution >= 4 is 29.0 Å². The maximum atomic E-state index is 12.6. The Morgan fingerprint density at radius 3 is 2.83 bits per heavy atom. The third-order valence-electron chi connectivity index (χ3n) is 5.06. The first-order chi connectivity index (χ1) is 14.6. The van der Waals surface area contributed by atoms with Crippen LogP contribution in [0.4, 0.5) is 0 Å². The van der Waals surface area contributed by atoms with E-state index in [-0.39, 0.29) is 17.6 Å². The van der Waals surface area contributed by atoms with Gasteiger partial charge in [0.25, 0.3) is 0 Å². The topological polar surface area (TPSA) is 92.8 Å². The van der Waals surface area contributed by atoms with Gasteiger partial charge in [0.1, 0.15) is 11.3 Å². The Hall–Kier alpha value is -2.83. The summed E-state index contributed by atoms with van der Waals surface area (Å²) in [5.41, 5.74) is -0.00744. The number of rotatable bonds is 8. The third-order valence-corrected chi connectivity index (χ3v) is 6.85. The van der Waals surface area contributed by atoms with Crippen molar-refractivity contribution in [1.29, 1.82) is 5.26 Å². The van der Waals surface area contributed by atoms with Gasteiger partial charge in [0.05, 0.1) is 29.5 Å². The minimum atomic E-state index is -0.809. The SMILES string of the molecule is COc1ccccc1-n1c(SCC(=O)NC(C)(C#N)C2CC2)nnc1-c1cccs1. The van der Waals surface area contributed by atoms with Crippen LogP contribution >= 0.6 is 23.1 Å². The lowest BCUT2D eigenvalue weighted by molar-refractivity contribution is -0.119. The fourth-order valence-electron chi connectivity index (χ4n) is 3.30. The van der Waals surface area contributed by atoms with E-state index >= 15 is 0 Å². The van der Waals surface area contributed by atoms with Crippen molar-refractivity contribution in [1.82, 2.24) is 20.1 Å². The maximum absolute atomic E-state index is 12.6. The van der Waals surface area contributed by atoms with Gasteiger partial charge in [0.15, 0.2) is 11.0 Å². The second kappa shape index (κ2) is 8.50. The number of para-hydroxylation sites is 2. The van der Waals surface area contributed by atoms with Gasteiger partial charge in [-0.2, -0.15) is 5.26 Å². The summed E-state index contributed by atoms with van der Waals surface area (Å²) < 4.78 is 7.45. The summed E-state index contributed by atoms with van der Waals surface area (Å²) in [7, 11) is 1.62. The van der Waals surface area contributed by atoms with Crippen LogP contribution in [0.15, 0.2) is 46.9 Å². The van der Waals surface area contributed by atoms with Crippen LogP contribution in [0.1, 0.15) is 19.8 Å². The number of aromatic nitrogens is 3. The Balaban J connectivity index is 1.61. The van der Waals surface area contributed by atoms with Crippen molar-refractivity contribution in [3.63, 3.8) is 0 Å². The van der Waals surface area contributed by atoms with Gasteiger partial charge in [0.2, 0.25) is 5.91 Å². The van der Waals surface area contributed by atoms with Gasteiger partial charge in [-0.3, -0.25) is 9.36 Å². The summed E-state index contributed by atoms with van der Waals surface area (Å²) >= 11 is 2.86. The van der Waals surface area contributed by atoms with Crippen LogP contribution in [0.3, 0.4) is 0 Å². The van der Waals surface area contributed by atoms with Crippen molar-refractivity contribution in [3.8, 4) is 28.2 Å². The number of nitriles is 1. The molecule has 4 rings (SSSR count). The quantitative estimate of drug-likeness (QED) is 0.535. The van der Waals surface area contributed by atoms with Crippen molar-refractivity contribution < 1.29 is 9.53 Å². The predicted molar refractivity (Wildman–Crippen MR) is 117 cm³/mol. The first-order valence-electron chi connectivity index (χ1n) is 9.53. The summed E-state index contributed by atoms with van der Waals surface area (Å²) in [6.07, 6.45) is 1.95. The molecule has 1 fully saturated rings. The first kappa shape index (κ1) is 20.4. The number of carbonyl (C=O) groups is 1. The smallest absolute Gasteiger partial charge is 0.231 e. The molecule has 0 spiro atoms. The van der Waals surface area contributed by atoms with Gasteiger partial charge < -0.3 is 10.1 Å². The Kier molecular flexibility index (Phi) is 5.79. The van der Waals surface area contributed by atoms with Crippen LogP contribution in [-0.2, 0) is 4.79 Å². The number of nitrogens with zero attached hydrogens (tertiary/aromatic N) is 4. The number of ether oxygens (including phenoxy) is 1. The van der Waals surface area contributed by atoms with Crippen molar-refractivity contribution in [2.24, 2.45) is 5.92 Å². The molecule has 30 heavy (non-hydrogen) atoms. The molecule has 1 aromatic carbocycles. The van der Waals surface area contributed by atoms with Gasteiger partial charge in [-0.1, -0.05) is 30.0 Å². The third kappa shape index (κ3) is 4.06. The van der Waals surface area contributed by atoms with Gasteiger partial charge in [-0.05, 0) is 49.3 Å². The van der Waals surface area contributed by atoms with Crippen LogP contribution in [0.25, 0.3) is 16.4 Å². The molecule has 3 aromatic rings. The molecule has 0 saturated heterocycles. The number of benzene rings is 1. The monoisotopic (exact) mass is 439 g/mol. The van der Waals surface area contributed by atoms with E-state index < -0.39 is 5.54 Å². The Bertz CT molecular complexity index is 1090. The van der Waals surface area contributed by atoms with E-state index in [9.17, 15) is 10.1 Å². The van der Waals surface area contributed by atoms with Gasteiger partial charge >= 0.3 is 0 Å². The Morgan fingerprint density at radius 1 is 1.37 bits per heavy atom. The van der Waals surface area contributed by atoms with Crippen molar-refractivity contribution in [2.45, 2.75) is 30.5 Å². The molecule has 1 atom stereocenters. The second-order valence-electron chi connectivity index (χ2n) is 7.22. The highest BCUT2D eigenvalue weighted by Crippen LogP contribution is 2.39. The Labute approximate surface area is 183 Å². The number of methoxy groups -OCH3 is 1. The molecule has 1 amide bonds. The molecule has 1 saturated carbocycles. The lowest BCUT2D eigenvalue weighted by atomic mass is 9.98. The zero-order valence-corrected chi connectivity index (χ0v) is 18.3. The van der Waals surface area contributed by atoms with Crippen LogP contribution < -0.4 is 10.1 Å². The van der Waals surface area contributed by atoms with E-state index in [2.05, 4.69) is 21.6 Å². The van der Waals surface area contributed by atoms with Crippen molar-refractivity contribution in [2.75, 3.05) is 12.9 Å². The average Bonchev–Trinajstić information content (AvgIpc) is 3.33. The fourth-order valence-corrected chi connectivity index (χ4v) is 4.74. The largest absolute Gasteiger partial charge is 0.495 e. The number of nitrogens with one attached hydrogen (secondary N) is 1. The van der Waals surface area contributed by atoms with E-state index in [4.69, 9.17) is 4.74 Å². The van der Waals surface area contributed by atoms with E-state index in [1.165, 1.54) is 11.8 Å². The number of hydrogen-bond acceptors (Lipinski definition) is 7. The van der Waals surface area contributed by atoms with Gasteiger partial charge in [0, 0.05) is 0 Å². The summed E-state index contributed by atoms with van der Waals surface area (Å²) in [5.74, 6) is 1.56. The van der Waals surface area contributed by atoms with Crippen LogP contribution in [0.5, 0.6) is 5.75 Å². The van der Waals surface area contributed by atoms with Crippen molar-refractivity contribution in [3.05, 3.63) is 41.8 Å². The summed E-state index contributed by atoms with van der Waals surface area (Å²) in [6, 6.07) is 13.8. The highest BCUT2D eigenvalue weighted by Gasteiger charge is 2.43. The van der Waals surface area contributed by atoms with E-state index in [0.717, 1.165) is 23.4 Å². The lowest BCUT2D eigenvalue weighted by Gasteiger charge is -2.22. The summed E-state index contributed by atoms with van der Waals surface area (Å²) in [4.78, 5) is 13.5. The standard InChI is InChI=1S/C21H21N5O2S2/c1-21(13-22,14-9-10-14)23-18(27)12-30-20-25-24-19(17-8-5-11-29-17)26(20)15-6-3-4-7-16(15)28-2/h3-8,11,14H,9-10,12H2,1-2H3,(H,23,27). The molecule has 2 aromatic heterocycles. The zero-order valence-electron chi connectivity index (χ0n) is 16.7. The summed E-state index contributed by atoms with van der Waals surface area (Å²) in [5, 5.41) is 23.7. The molecule has 0 bridgehead atoms. The number of carbonyl (C=O) groups excluding carboxylic acids is 1. The first-order valence-corrected chi connectivity index (χ1v) is 11.4. The van der Waals surface area contributed by atoms with E-state index in [0.29, 0.717) is 16.7 Å². The van der Waals surface area contributed by atoms with Crippen LogP contribution in [-0.4, -0.2) is 39.1 Å². The molecule has 0 aliphatic heterocycles. The number of amides is 1.